The van der Waals surface area contributed by atoms with Gasteiger partial charge in [0.25, 0.3) is 0 Å². The van der Waals surface area contributed by atoms with Crippen LogP contribution in [0.2, 0.25) is 0 Å². The molecule has 0 unspecified atom stereocenters. The van der Waals surface area contributed by atoms with Gasteiger partial charge in [-0.15, -0.1) is 0 Å². The Labute approximate surface area is 81.4 Å². The van der Waals surface area contributed by atoms with Gasteiger partial charge in [-0.3, -0.25) is 0 Å². The lowest BCUT2D eigenvalue weighted by atomic mass is 9.79. The molecule has 14 heavy (non-hydrogen) atoms. The van der Waals surface area contributed by atoms with Crippen molar-refractivity contribution in [2.24, 2.45) is 5.41 Å². The van der Waals surface area contributed by atoms with Gasteiger partial charge in [0.05, 0.1) is 0 Å². The van der Waals surface area contributed by atoms with Gasteiger partial charge < -0.3 is 4.74 Å². The zero-order valence-corrected chi connectivity index (χ0v) is 8.95. The lowest BCUT2D eigenvalue weighted by molar-refractivity contribution is -0.219. The lowest BCUT2D eigenvalue weighted by Crippen LogP contribution is -2.44. The molecule has 0 saturated carbocycles. The summed E-state index contributed by atoms with van der Waals surface area (Å²) in [6.45, 7) is 8.03. The molecule has 0 fully saturated rings. The third kappa shape index (κ3) is 3.20. The fraction of sp³-hybridized carbons (Fsp3) is 0.889. The molecule has 0 rings (SSSR count). The monoisotopic (exact) mass is 212 g/mol. The highest BCUT2D eigenvalue weighted by atomic mass is 19.4. The Balaban J connectivity index is 4.62. The Morgan fingerprint density at radius 3 is 1.57 bits per heavy atom. The van der Waals surface area contributed by atoms with Crippen LogP contribution in [0.5, 0.6) is 0 Å². The minimum Gasteiger partial charge on any atom is -0.452 e. The fourth-order valence-corrected chi connectivity index (χ4v) is 0.443. The first kappa shape index (κ1) is 13.3. The highest BCUT2D eigenvalue weighted by Gasteiger charge is 2.46. The number of halogens is 3. The Hall–Kier alpha value is -0.740. The van der Waals surface area contributed by atoms with Crippen LogP contribution in [0.15, 0.2) is 0 Å². The van der Waals surface area contributed by atoms with Crippen molar-refractivity contribution < 1.29 is 22.7 Å². The van der Waals surface area contributed by atoms with Crippen molar-refractivity contribution in [3.8, 4) is 0 Å². The molecule has 0 spiro atoms. The summed E-state index contributed by atoms with van der Waals surface area (Å²) in [7, 11) is 0. The average molecular weight is 212 g/mol. The maximum Gasteiger partial charge on any atom is 0.490 e. The fourth-order valence-electron chi connectivity index (χ4n) is 0.443. The Morgan fingerprint density at radius 2 is 1.36 bits per heavy atom. The third-order valence-electron chi connectivity index (χ3n) is 2.39. The van der Waals surface area contributed by atoms with E-state index in [-0.39, 0.29) is 0 Å². The van der Waals surface area contributed by atoms with Crippen molar-refractivity contribution in [3.63, 3.8) is 0 Å². The predicted octanol–water partition coefficient (Wildman–Crippen LogP) is 2.92. The first-order valence-corrected chi connectivity index (χ1v) is 4.18. The quantitative estimate of drug-likeness (QED) is 0.624. The number of carbonyl (C=O) groups is 1. The number of rotatable bonds is 1. The molecular formula is C9H15F3O2. The van der Waals surface area contributed by atoms with Crippen molar-refractivity contribution in [2.75, 3.05) is 0 Å². The highest BCUT2D eigenvalue weighted by Crippen LogP contribution is 2.34. The van der Waals surface area contributed by atoms with Gasteiger partial charge in [0, 0.05) is 5.41 Å². The van der Waals surface area contributed by atoms with Crippen molar-refractivity contribution in [1.29, 1.82) is 0 Å². The van der Waals surface area contributed by atoms with E-state index in [0.29, 0.717) is 0 Å². The molecule has 0 heterocycles. The summed E-state index contributed by atoms with van der Waals surface area (Å²) in [6.07, 6.45) is -4.93. The summed E-state index contributed by atoms with van der Waals surface area (Å²) >= 11 is 0. The molecule has 84 valence electrons. The van der Waals surface area contributed by atoms with Crippen LogP contribution in [-0.2, 0) is 9.53 Å². The molecule has 0 aromatic heterocycles. The topological polar surface area (TPSA) is 26.3 Å². The van der Waals surface area contributed by atoms with E-state index in [1.165, 1.54) is 13.8 Å². The molecule has 0 saturated heterocycles. The van der Waals surface area contributed by atoms with Gasteiger partial charge in [0.1, 0.15) is 5.60 Å². The normalized spacial score (nSPS) is 14.0. The Kier molecular flexibility index (Phi) is 3.26. The minimum atomic E-state index is -4.93. The summed E-state index contributed by atoms with van der Waals surface area (Å²) in [5, 5.41) is 0. The van der Waals surface area contributed by atoms with Gasteiger partial charge in [-0.1, -0.05) is 20.8 Å². The maximum absolute atomic E-state index is 11.9. The molecule has 2 nitrogen and oxygen atoms in total. The molecule has 0 aromatic rings. The van der Waals surface area contributed by atoms with Crippen LogP contribution in [0.4, 0.5) is 13.2 Å². The number of carbonyl (C=O) groups excluding carboxylic acids is 1. The second-order valence-corrected chi connectivity index (χ2v) is 4.65. The number of ether oxygens (including phenoxy) is 1. The van der Waals surface area contributed by atoms with Crippen molar-refractivity contribution in [3.05, 3.63) is 0 Å². The van der Waals surface area contributed by atoms with E-state index >= 15 is 0 Å². The molecule has 0 aliphatic heterocycles. The summed E-state index contributed by atoms with van der Waals surface area (Å²) in [5.74, 6) is -2.14. The first-order valence-electron chi connectivity index (χ1n) is 4.18. The van der Waals surface area contributed by atoms with Gasteiger partial charge in [-0.2, -0.15) is 13.2 Å². The third-order valence-corrected chi connectivity index (χ3v) is 2.39. The van der Waals surface area contributed by atoms with Crippen molar-refractivity contribution >= 4 is 5.97 Å². The highest BCUT2D eigenvalue weighted by molar-refractivity contribution is 5.76. The number of alkyl halides is 3. The maximum atomic E-state index is 11.9. The molecule has 0 amide bonds. The second-order valence-electron chi connectivity index (χ2n) is 4.65. The van der Waals surface area contributed by atoms with Crippen LogP contribution < -0.4 is 0 Å². The zero-order chi connectivity index (χ0) is 11.8. The van der Waals surface area contributed by atoms with Crippen LogP contribution in [0.25, 0.3) is 0 Å². The van der Waals surface area contributed by atoms with Gasteiger partial charge in [-0.05, 0) is 13.8 Å². The molecular weight excluding hydrogens is 197 g/mol. The molecule has 5 heteroatoms. The van der Waals surface area contributed by atoms with Crippen LogP contribution in [0.3, 0.4) is 0 Å². The minimum absolute atomic E-state index is 0.548. The van der Waals surface area contributed by atoms with Gasteiger partial charge in [-0.25, -0.2) is 4.79 Å². The van der Waals surface area contributed by atoms with Crippen LogP contribution in [-0.4, -0.2) is 17.7 Å². The van der Waals surface area contributed by atoms with E-state index < -0.39 is 23.2 Å². The van der Waals surface area contributed by atoms with Crippen molar-refractivity contribution in [1.82, 2.24) is 0 Å². The smallest absolute Gasteiger partial charge is 0.452 e. The van der Waals surface area contributed by atoms with E-state index in [9.17, 15) is 18.0 Å². The van der Waals surface area contributed by atoms with Crippen molar-refractivity contribution in [2.45, 2.75) is 46.4 Å². The van der Waals surface area contributed by atoms with Gasteiger partial charge >= 0.3 is 12.1 Å². The van der Waals surface area contributed by atoms with E-state index in [0.717, 1.165) is 0 Å². The van der Waals surface area contributed by atoms with E-state index in [1.807, 2.05) is 0 Å². The molecule has 0 aliphatic carbocycles. The Morgan fingerprint density at radius 1 is 1.00 bits per heavy atom. The first-order chi connectivity index (χ1) is 5.88. The largest absolute Gasteiger partial charge is 0.490 e. The van der Waals surface area contributed by atoms with Gasteiger partial charge in [0.15, 0.2) is 0 Å². The SMILES string of the molecule is CC(C)(C)C(C)(C)OC(=O)C(F)(F)F. The zero-order valence-electron chi connectivity index (χ0n) is 8.95. The summed E-state index contributed by atoms with van der Waals surface area (Å²) in [5.41, 5.74) is -1.70. The summed E-state index contributed by atoms with van der Waals surface area (Å²) in [6, 6.07) is 0. The molecule has 0 aliphatic rings. The molecule has 0 bridgehead atoms. The van der Waals surface area contributed by atoms with E-state index in [1.54, 1.807) is 20.8 Å². The van der Waals surface area contributed by atoms with Crippen LogP contribution >= 0.6 is 0 Å². The van der Waals surface area contributed by atoms with Gasteiger partial charge in [0.2, 0.25) is 0 Å². The number of hydrogen-bond donors (Lipinski definition) is 0. The standard InChI is InChI=1S/C9H15F3O2/c1-7(2,3)8(4,5)14-6(13)9(10,11)12/h1-5H3. The molecule has 0 radical (unpaired) electrons. The van der Waals surface area contributed by atoms with E-state index in [4.69, 9.17) is 0 Å². The Bertz CT molecular complexity index is 223. The average Bonchev–Trinajstić information content (AvgIpc) is 1.80. The second kappa shape index (κ2) is 3.44. The predicted molar refractivity (Wildman–Crippen MR) is 45.7 cm³/mol. The molecule has 0 atom stereocenters. The van der Waals surface area contributed by atoms with E-state index in [2.05, 4.69) is 4.74 Å². The number of esters is 1. The molecule has 0 N–H and O–H groups in total. The van der Waals surface area contributed by atoms with Crippen LogP contribution in [0.1, 0.15) is 34.6 Å². The lowest BCUT2D eigenvalue weighted by Gasteiger charge is -2.38. The summed E-state index contributed by atoms with van der Waals surface area (Å²) < 4.78 is 40.1. The molecule has 0 aromatic carbocycles. The summed E-state index contributed by atoms with van der Waals surface area (Å²) in [4.78, 5) is 10.6. The number of hydrogen-bond acceptors (Lipinski definition) is 2. The van der Waals surface area contributed by atoms with Crippen LogP contribution in [0, 0.1) is 5.41 Å².